The number of non-ortho nitro benzene ring substituents is 1. The lowest BCUT2D eigenvalue weighted by molar-refractivity contribution is -0.384. The molecule has 0 saturated heterocycles. The van der Waals surface area contributed by atoms with Crippen molar-refractivity contribution in [2.24, 2.45) is 0 Å². The molecule has 0 radical (unpaired) electrons. The monoisotopic (exact) mass is 354 g/mol. The summed E-state index contributed by atoms with van der Waals surface area (Å²) in [6.45, 7) is 2.94. The number of aromatic nitrogens is 3. The van der Waals surface area contributed by atoms with Crippen LogP contribution in [-0.4, -0.2) is 19.7 Å². The Bertz CT molecular complexity index is 865. The van der Waals surface area contributed by atoms with Crippen LogP contribution in [0.25, 0.3) is 11.4 Å². The summed E-state index contributed by atoms with van der Waals surface area (Å²) in [5.74, 6) is 1.46. The predicted molar refractivity (Wildman–Crippen MR) is 98.4 cm³/mol. The molecular formula is C18H18N4O2S. The van der Waals surface area contributed by atoms with Crippen molar-refractivity contribution in [1.82, 2.24) is 14.8 Å². The van der Waals surface area contributed by atoms with E-state index in [0.717, 1.165) is 35.1 Å². The van der Waals surface area contributed by atoms with Crippen LogP contribution in [-0.2, 0) is 12.3 Å². The fourth-order valence-corrected chi connectivity index (χ4v) is 3.44. The minimum atomic E-state index is -0.374. The molecule has 0 aliphatic rings. The first-order valence-electron chi connectivity index (χ1n) is 8.03. The van der Waals surface area contributed by atoms with Crippen LogP contribution in [0.4, 0.5) is 5.69 Å². The van der Waals surface area contributed by atoms with E-state index in [9.17, 15) is 10.1 Å². The molecule has 6 nitrogen and oxygen atoms in total. The van der Waals surface area contributed by atoms with E-state index in [-0.39, 0.29) is 10.6 Å². The smallest absolute Gasteiger partial charge is 0.269 e. The van der Waals surface area contributed by atoms with Gasteiger partial charge in [-0.2, -0.15) is 0 Å². The number of nitro groups is 1. The fraction of sp³-hybridized carbons (Fsp3) is 0.222. The maximum atomic E-state index is 10.9. The Morgan fingerprint density at radius 2 is 1.92 bits per heavy atom. The van der Waals surface area contributed by atoms with Crippen LogP contribution in [0.2, 0.25) is 0 Å². The van der Waals surface area contributed by atoms with Crippen LogP contribution in [0.15, 0.2) is 59.8 Å². The van der Waals surface area contributed by atoms with E-state index in [1.165, 1.54) is 6.07 Å². The molecule has 128 valence electrons. The quantitative estimate of drug-likeness (QED) is 0.353. The molecule has 1 aromatic heterocycles. The van der Waals surface area contributed by atoms with E-state index in [2.05, 4.69) is 21.7 Å². The Labute approximate surface area is 150 Å². The van der Waals surface area contributed by atoms with Gasteiger partial charge in [0.15, 0.2) is 11.0 Å². The number of benzene rings is 2. The largest absolute Gasteiger partial charge is 0.302 e. The van der Waals surface area contributed by atoms with Gasteiger partial charge in [0.1, 0.15) is 0 Å². The second kappa shape index (κ2) is 7.94. The Kier molecular flexibility index (Phi) is 5.45. The molecule has 0 fully saturated rings. The molecule has 0 spiro atoms. The second-order valence-electron chi connectivity index (χ2n) is 5.54. The van der Waals surface area contributed by atoms with Crippen molar-refractivity contribution in [3.63, 3.8) is 0 Å². The van der Waals surface area contributed by atoms with Crippen molar-refractivity contribution in [3.8, 4) is 11.4 Å². The van der Waals surface area contributed by atoms with Gasteiger partial charge in [0.05, 0.1) is 4.92 Å². The molecule has 0 amide bonds. The van der Waals surface area contributed by atoms with Crippen LogP contribution in [0.1, 0.15) is 18.9 Å². The number of hydrogen-bond acceptors (Lipinski definition) is 5. The first-order valence-corrected chi connectivity index (χ1v) is 9.02. The summed E-state index contributed by atoms with van der Waals surface area (Å²) >= 11 is 1.54. The highest BCUT2D eigenvalue weighted by Crippen LogP contribution is 2.27. The molecule has 0 bridgehead atoms. The van der Waals surface area contributed by atoms with Crippen LogP contribution >= 0.6 is 11.8 Å². The van der Waals surface area contributed by atoms with Gasteiger partial charge in [-0.3, -0.25) is 10.1 Å². The average molecular weight is 354 g/mol. The van der Waals surface area contributed by atoms with E-state index in [1.807, 2.05) is 36.4 Å². The van der Waals surface area contributed by atoms with Gasteiger partial charge in [-0.1, -0.05) is 61.2 Å². The minimum absolute atomic E-state index is 0.109. The lowest BCUT2D eigenvalue weighted by Crippen LogP contribution is -2.02. The van der Waals surface area contributed by atoms with Gasteiger partial charge in [-0.25, -0.2) is 0 Å². The van der Waals surface area contributed by atoms with E-state index in [0.29, 0.717) is 5.75 Å². The second-order valence-corrected chi connectivity index (χ2v) is 6.48. The van der Waals surface area contributed by atoms with Crippen molar-refractivity contribution in [1.29, 1.82) is 0 Å². The summed E-state index contributed by atoms with van der Waals surface area (Å²) in [5.41, 5.74) is 2.04. The van der Waals surface area contributed by atoms with Crippen LogP contribution < -0.4 is 0 Å². The third-order valence-electron chi connectivity index (χ3n) is 3.69. The van der Waals surface area contributed by atoms with Gasteiger partial charge in [-0.15, -0.1) is 10.2 Å². The maximum Gasteiger partial charge on any atom is 0.269 e. The molecule has 2 aromatic carbocycles. The molecule has 25 heavy (non-hydrogen) atoms. The van der Waals surface area contributed by atoms with Crippen molar-refractivity contribution in [2.45, 2.75) is 30.8 Å². The molecule has 3 rings (SSSR count). The Morgan fingerprint density at radius 3 is 2.64 bits per heavy atom. The maximum absolute atomic E-state index is 10.9. The zero-order valence-corrected chi connectivity index (χ0v) is 14.6. The summed E-state index contributed by atoms with van der Waals surface area (Å²) in [4.78, 5) is 10.5. The summed E-state index contributed by atoms with van der Waals surface area (Å²) in [5, 5.41) is 20.4. The molecule has 7 heteroatoms. The summed E-state index contributed by atoms with van der Waals surface area (Å²) in [6, 6.07) is 16.7. The molecule has 1 heterocycles. The van der Waals surface area contributed by atoms with E-state index in [1.54, 1.807) is 23.9 Å². The standard InChI is InChI=1S/C18H18N4O2S/c1-2-11-21-17(15-8-4-3-5-9-15)19-20-18(21)25-13-14-7-6-10-16(12-14)22(23)24/h3-10,12H,2,11,13H2,1H3. The molecule has 0 atom stereocenters. The van der Waals surface area contributed by atoms with Gasteiger partial charge in [-0.05, 0) is 12.0 Å². The van der Waals surface area contributed by atoms with Gasteiger partial charge in [0.25, 0.3) is 5.69 Å². The number of nitro benzene ring substituents is 1. The van der Waals surface area contributed by atoms with Gasteiger partial charge >= 0.3 is 0 Å². The number of rotatable bonds is 7. The minimum Gasteiger partial charge on any atom is -0.302 e. The van der Waals surface area contributed by atoms with Gasteiger partial charge < -0.3 is 4.57 Å². The Hall–Kier alpha value is -2.67. The van der Waals surface area contributed by atoms with Gasteiger partial charge in [0, 0.05) is 30.0 Å². The van der Waals surface area contributed by atoms with Crippen LogP contribution in [0.3, 0.4) is 0 Å². The van der Waals surface area contributed by atoms with E-state index in [4.69, 9.17) is 0 Å². The van der Waals surface area contributed by atoms with Crippen molar-refractivity contribution >= 4 is 17.4 Å². The molecular weight excluding hydrogens is 336 g/mol. The zero-order valence-electron chi connectivity index (χ0n) is 13.8. The lowest BCUT2D eigenvalue weighted by atomic mass is 10.2. The molecule has 0 aliphatic heterocycles. The van der Waals surface area contributed by atoms with Crippen molar-refractivity contribution < 1.29 is 4.92 Å². The number of hydrogen-bond donors (Lipinski definition) is 0. The zero-order chi connectivity index (χ0) is 17.6. The number of thioether (sulfide) groups is 1. The highest BCUT2D eigenvalue weighted by Gasteiger charge is 2.14. The predicted octanol–water partition coefficient (Wildman–Crippen LogP) is 4.56. The molecule has 0 unspecified atom stereocenters. The molecule has 3 aromatic rings. The third kappa shape index (κ3) is 4.06. The normalized spacial score (nSPS) is 10.8. The van der Waals surface area contributed by atoms with E-state index >= 15 is 0 Å². The Balaban J connectivity index is 1.82. The van der Waals surface area contributed by atoms with Crippen LogP contribution in [0.5, 0.6) is 0 Å². The Morgan fingerprint density at radius 1 is 1.12 bits per heavy atom. The first-order chi connectivity index (χ1) is 12.2. The average Bonchev–Trinajstić information content (AvgIpc) is 3.04. The van der Waals surface area contributed by atoms with Crippen molar-refractivity contribution in [3.05, 3.63) is 70.3 Å². The number of nitrogens with zero attached hydrogens (tertiary/aromatic N) is 4. The van der Waals surface area contributed by atoms with Crippen molar-refractivity contribution in [2.75, 3.05) is 0 Å². The SMILES string of the molecule is CCCn1c(SCc2cccc([N+](=O)[O-])c2)nnc1-c1ccccc1. The summed E-state index contributed by atoms with van der Waals surface area (Å²) in [7, 11) is 0. The highest BCUT2D eigenvalue weighted by atomic mass is 32.2. The summed E-state index contributed by atoms with van der Waals surface area (Å²) in [6.07, 6.45) is 0.974. The third-order valence-corrected chi connectivity index (χ3v) is 4.72. The van der Waals surface area contributed by atoms with Crippen LogP contribution in [0, 0.1) is 10.1 Å². The molecule has 0 saturated carbocycles. The highest BCUT2D eigenvalue weighted by molar-refractivity contribution is 7.98. The topological polar surface area (TPSA) is 73.8 Å². The summed E-state index contributed by atoms with van der Waals surface area (Å²) < 4.78 is 2.11. The molecule has 0 aliphatic carbocycles. The molecule has 0 N–H and O–H groups in total. The van der Waals surface area contributed by atoms with E-state index < -0.39 is 0 Å². The van der Waals surface area contributed by atoms with Gasteiger partial charge in [0.2, 0.25) is 0 Å². The fourth-order valence-electron chi connectivity index (χ4n) is 2.53. The first kappa shape index (κ1) is 17.2. The lowest BCUT2D eigenvalue weighted by Gasteiger charge is -2.09.